The molecule has 0 saturated carbocycles. The van der Waals surface area contributed by atoms with Gasteiger partial charge in [0.1, 0.15) is 26.9 Å². The summed E-state index contributed by atoms with van der Waals surface area (Å²) in [4.78, 5) is 12.1. The summed E-state index contributed by atoms with van der Waals surface area (Å²) in [5, 5.41) is 4.74. The number of nitrogen functional groups attached to an aromatic ring is 1. The van der Waals surface area contributed by atoms with Crippen LogP contribution in [0.5, 0.6) is 5.75 Å². The maximum atomic E-state index is 11.1. The average molecular weight is 434 g/mol. The molecule has 5 rings (SSSR count). The summed E-state index contributed by atoms with van der Waals surface area (Å²) in [5.41, 5.74) is 11.9. The molecular weight excluding hydrogens is 408 g/mol. The van der Waals surface area contributed by atoms with E-state index in [9.17, 15) is 4.79 Å². The minimum absolute atomic E-state index is 0.509. The van der Waals surface area contributed by atoms with E-state index in [2.05, 4.69) is 48.0 Å². The molecule has 6 heteroatoms. The third kappa shape index (κ3) is 2.94. The molecule has 2 aliphatic heterocycles. The molecule has 2 aromatic rings. The monoisotopic (exact) mass is 433 g/mol. The van der Waals surface area contributed by atoms with Gasteiger partial charge in [0.15, 0.2) is 5.71 Å². The summed E-state index contributed by atoms with van der Waals surface area (Å²) in [5.74, 6) is 0.615. The van der Waals surface area contributed by atoms with Gasteiger partial charge < -0.3 is 10.5 Å². The summed E-state index contributed by atoms with van der Waals surface area (Å²) in [6, 6.07) is 8.13. The molecule has 1 aliphatic carbocycles. The van der Waals surface area contributed by atoms with E-state index in [1.807, 2.05) is 17.5 Å². The zero-order chi connectivity index (χ0) is 20.9. The number of hydrogen-bond donors (Lipinski definition) is 1. The van der Waals surface area contributed by atoms with E-state index in [0.717, 1.165) is 29.2 Å². The average Bonchev–Trinajstić information content (AvgIpc) is 3.42. The minimum Gasteiger partial charge on any atom is -0.427 e. The van der Waals surface area contributed by atoms with Gasteiger partial charge in [0, 0.05) is 36.3 Å². The highest BCUT2D eigenvalue weighted by Gasteiger charge is 2.41. The van der Waals surface area contributed by atoms with Gasteiger partial charge in [-0.15, -0.1) is 11.3 Å². The summed E-state index contributed by atoms with van der Waals surface area (Å²) in [6.45, 7) is 7.58. The van der Waals surface area contributed by atoms with Gasteiger partial charge in [-0.1, -0.05) is 19.2 Å². The van der Waals surface area contributed by atoms with Crippen molar-refractivity contribution in [2.75, 3.05) is 18.8 Å². The molecule has 30 heavy (non-hydrogen) atoms. The second-order valence-electron chi connectivity index (χ2n) is 8.56. The first kappa shape index (κ1) is 19.3. The van der Waals surface area contributed by atoms with Crippen LogP contribution in [0.3, 0.4) is 0 Å². The summed E-state index contributed by atoms with van der Waals surface area (Å²) in [6.07, 6.45) is 9.46. The van der Waals surface area contributed by atoms with Gasteiger partial charge in [-0.05, 0) is 51.2 Å². The van der Waals surface area contributed by atoms with E-state index in [1.54, 1.807) is 11.3 Å². The lowest BCUT2D eigenvalue weighted by molar-refractivity contribution is -0.504. The molecule has 0 amide bonds. The lowest BCUT2D eigenvalue weighted by Gasteiger charge is -2.37. The number of nitrogens with two attached hydrogens (primary N) is 1. The third-order valence-corrected chi connectivity index (χ3v) is 10.9. The molecule has 0 radical (unpaired) electrons. The van der Waals surface area contributed by atoms with E-state index in [-0.39, 0.29) is 0 Å². The number of ether oxygens (including phenoxy) is 1. The Bertz CT molecular complexity index is 1180. The highest BCUT2D eigenvalue weighted by Crippen LogP contribution is 2.45. The van der Waals surface area contributed by atoms with Gasteiger partial charge in [0.2, 0.25) is 0 Å². The molecule has 152 valence electrons. The number of carbonyl (C=O) groups is 1. The summed E-state index contributed by atoms with van der Waals surface area (Å²) >= 11 is 1.61. The third-order valence-electron chi connectivity index (χ3n) is 6.43. The van der Waals surface area contributed by atoms with Crippen LogP contribution in [0, 0.1) is 0 Å². The van der Waals surface area contributed by atoms with Crippen LogP contribution >= 0.6 is 11.3 Å². The number of rotatable bonds is 3. The lowest BCUT2D eigenvalue weighted by Crippen LogP contribution is -2.49. The van der Waals surface area contributed by atoms with E-state index in [0.29, 0.717) is 12.2 Å². The maximum absolute atomic E-state index is 11.1. The molecule has 0 atom stereocenters. The van der Waals surface area contributed by atoms with Crippen LogP contribution in [-0.4, -0.2) is 37.9 Å². The van der Waals surface area contributed by atoms with E-state index in [4.69, 9.17) is 10.5 Å². The van der Waals surface area contributed by atoms with Crippen LogP contribution in [0.25, 0.3) is 5.57 Å². The zero-order valence-corrected chi connectivity index (χ0v) is 19.1. The number of benzene rings is 1. The number of nitrogens with zero attached hydrogens (tertiary/aromatic N) is 1. The van der Waals surface area contributed by atoms with Gasteiger partial charge in [-0.2, -0.15) is 0 Å². The zero-order valence-electron chi connectivity index (χ0n) is 17.3. The van der Waals surface area contributed by atoms with Gasteiger partial charge in [0.05, 0.1) is 4.88 Å². The lowest BCUT2D eigenvalue weighted by atomic mass is 9.93. The first-order chi connectivity index (χ1) is 14.5. The molecule has 3 aliphatic rings. The Balaban J connectivity index is 1.81. The Hall–Kier alpha value is -2.70. The second-order valence-corrected chi connectivity index (χ2v) is 13.8. The minimum atomic E-state index is -1.97. The van der Waals surface area contributed by atoms with Crippen molar-refractivity contribution in [1.82, 2.24) is 0 Å². The van der Waals surface area contributed by atoms with Crippen LogP contribution in [0.4, 0.5) is 5.69 Å². The predicted molar refractivity (Wildman–Crippen MR) is 126 cm³/mol. The van der Waals surface area contributed by atoms with Crippen molar-refractivity contribution in [1.29, 1.82) is 0 Å². The highest BCUT2D eigenvalue weighted by molar-refractivity contribution is 7.11. The molecule has 2 N–H and O–H groups in total. The molecule has 0 spiro atoms. The van der Waals surface area contributed by atoms with Crippen molar-refractivity contribution in [3.05, 3.63) is 69.1 Å². The Morgan fingerprint density at radius 3 is 2.73 bits per heavy atom. The highest BCUT2D eigenvalue weighted by atomic mass is 32.1. The maximum Gasteiger partial charge on any atom is 0.298 e. The van der Waals surface area contributed by atoms with Crippen molar-refractivity contribution in [2.45, 2.75) is 25.9 Å². The molecule has 3 heterocycles. The van der Waals surface area contributed by atoms with E-state index >= 15 is 0 Å². The molecule has 0 bridgehead atoms. The van der Waals surface area contributed by atoms with Crippen molar-refractivity contribution in [2.24, 2.45) is 0 Å². The number of anilines is 1. The van der Waals surface area contributed by atoms with Crippen LogP contribution in [0.2, 0.25) is 13.1 Å². The molecule has 1 fully saturated rings. The largest absolute Gasteiger partial charge is 0.427 e. The van der Waals surface area contributed by atoms with Crippen molar-refractivity contribution in [3.63, 3.8) is 0 Å². The van der Waals surface area contributed by atoms with Gasteiger partial charge >= 0.3 is 0 Å². The Labute approximate surface area is 181 Å². The predicted octanol–water partition coefficient (Wildman–Crippen LogP) is 3.88. The fourth-order valence-electron chi connectivity index (χ4n) is 4.90. The standard InChI is InChI=1S/C24H24N2O2SSi/c1-30(2)21-13-16(25)5-7-18(21)23(24-20(28-15-27)9-12-29-24)19-8-6-17(14-22(19)30)26-10-3-4-11-26/h5-9,12-15,25H,3-4,10-11H2,1-2H3/p+1. The molecular formula is C24H25N2O2SSi+. The topological polar surface area (TPSA) is 55.3 Å². The normalized spacial score (nSPS) is 19.5. The molecule has 0 unspecified atom stereocenters. The Kier molecular flexibility index (Phi) is 4.63. The van der Waals surface area contributed by atoms with Crippen molar-refractivity contribution < 1.29 is 14.1 Å². The van der Waals surface area contributed by atoms with Crippen molar-refractivity contribution >= 4 is 48.0 Å². The van der Waals surface area contributed by atoms with Crippen LogP contribution in [-0.2, 0) is 4.79 Å². The SMILES string of the molecule is C[Si]1(C)C2=CC(=[N+]3CCCC3)C=CC2=C(c2sccc2OC=O)c2ccc(N)cc21. The van der Waals surface area contributed by atoms with Crippen LogP contribution in [0.1, 0.15) is 23.3 Å². The van der Waals surface area contributed by atoms with Gasteiger partial charge in [-0.25, -0.2) is 4.58 Å². The summed E-state index contributed by atoms with van der Waals surface area (Å²) in [7, 11) is -1.97. The fraction of sp³-hybridized carbons (Fsp3) is 0.250. The first-order valence-electron chi connectivity index (χ1n) is 10.4. The van der Waals surface area contributed by atoms with E-state index in [1.165, 1.54) is 40.1 Å². The molecule has 4 nitrogen and oxygen atoms in total. The Morgan fingerprint density at radius 2 is 1.97 bits per heavy atom. The van der Waals surface area contributed by atoms with E-state index < -0.39 is 8.07 Å². The fourth-order valence-corrected chi connectivity index (χ4v) is 8.88. The van der Waals surface area contributed by atoms with Crippen LogP contribution < -0.4 is 15.7 Å². The molecule has 1 aromatic carbocycles. The summed E-state index contributed by atoms with van der Waals surface area (Å²) < 4.78 is 7.82. The second kappa shape index (κ2) is 7.21. The quantitative estimate of drug-likeness (QED) is 0.346. The number of thiophene rings is 1. The molecule has 1 saturated heterocycles. The number of carbonyl (C=O) groups excluding carboxylic acids is 1. The number of allylic oxidation sites excluding steroid dienone is 5. The van der Waals surface area contributed by atoms with Crippen LogP contribution in [0.15, 0.2) is 58.6 Å². The number of fused-ring (bicyclic) bond motifs is 2. The smallest absolute Gasteiger partial charge is 0.298 e. The number of hydrogen-bond acceptors (Lipinski definition) is 4. The van der Waals surface area contributed by atoms with Crippen molar-refractivity contribution in [3.8, 4) is 5.75 Å². The van der Waals surface area contributed by atoms with Gasteiger partial charge in [0.25, 0.3) is 6.47 Å². The van der Waals surface area contributed by atoms with Gasteiger partial charge in [-0.3, -0.25) is 4.79 Å². The first-order valence-corrected chi connectivity index (χ1v) is 14.2. The molecule has 1 aromatic heterocycles. The Morgan fingerprint density at radius 1 is 1.17 bits per heavy atom.